The molecule has 2 nitrogen and oxygen atoms in total. The number of halogens is 3. The maximum Gasteiger partial charge on any atom is 0.255 e. The summed E-state index contributed by atoms with van der Waals surface area (Å²) in [4.78, 5) is 14.5. The summed E-state index contributed by atoms with van der Waals surface area (Å²) in [5, 5.41) is 0.743. The standard InChI is InChI=1S/C14H18BrFINO/c1-3-11(4-2)18(8-7-15)14(19)12-6-5-10(16)9-13(12)17/h5-6,9,11H,3-4,7-8H2,1-2H3. The zero-order valence-corrected chi connectivity index (χ0v) is 14.9. The highest BCUT2D eigenvalue weighted by Gasteiger charge is 2.23. The third-order valence-corrected chi connectivity index (χ3v) is 4.38. The van der Waals surface area contributed by atoms with Gasteiger partial charge in [-0.05, 0) is 53.6 Å². The Balaban J connectivity index is 3.04. The molecule has 0 fully saturated rings. The first-order valence-corrected chi connectivity index (χ1v) is 8.57. The van der Waals surface area contributed by atoms with Crippen molar-refractivity contribution in [1.82, 2.24) is 4.90 Å². The molecular formula is C14H18BrFINO. The number of carbonyl (C=O) groups excluding carboxylic acids is 1. The Morgan fingerprint density at radius 2 is 2.05 bits per heavy atom. The fraction of sp³-hybridized carbons (Fsp3) is 0.500. The monoisotopic (exact) mass is 441 g/mol. The molecule has 5 heteroatoms. The predicted octanol–water partition coefficient (Wildman–Crippen LogP) is 4.46. The molecule has 1 amide bonds. The predicted molar refractivity (Wildman–Crippen MR) is 88.3 cm³/mol. The zero-order chi connectivity index (χ0) is 14.4. The van der Waals surface area contributed by atoms with Crippen LogP contribution in [0.5, 0.6) is 0 Å². The lowest BCUT2D eigenvalue weighted by Crippen LogP contribution is -2.41. The topological polar surface area (TPSA) is 20.3 Å². The minimum Gasteiger partial charge on any atom is -0.335 e. The maximum atomic E-state index is 13.1. The van der Waals surface area contributed by atoms with Crippen LogP contribution in [0.3, 0.4) is 0 Å². The van der Waals surface area contributed by atoms with E-state index in [4.69, 9.17) is 0 Å². The minimum atomic E-state index is -0.310. The van der Waals surface area contributed by atoms with Gasteiger partial charge in [-0.1, -0.05) is 29.8 Å². The Hall–Kier alpha value is -0.170. The van der Waals surface area contributed by atoms with Crippen molar-refractivity contribution < 1.29 is 9.18 Å². The summed E-state index contributed by atoms with van der Waals surface area (Å²) in [6.07, 6.45) is 1.85. The van der Waals surface area contributed by atoms with Crippen LogP contribution in [0.15, 0.2) is 18.2 Å². The van der Waals surface area contributed by atoms with E-state index in [1.807, 2.05) is 27.5 Å². The molecule has 1 rings (SSSR count). The fourth-order valence-corrected chi connectivity index (χ4v) is 3.18. The van der Waals surface area contributed by atoms with E-state index in [2.05, 4.69) is 29.8 Å². The van der Waals surface area contributed by atoms with E-state index in [0.717, 1.165) is 18.2 Å². The Labute approximate surface area is 136 Å². The molecule has 19 heavy (non-hydrogen) atoms. The van der Waals surface area contributed by atoms with Crippen molar-refractivity contribution in [3.63, 3.8) is 0 Å². The quantitative estimate of drug-likeness (QED) is 0.471. The molecule has 0 atom stereocenters. The summed E-state index contributed by atoms with van der Waals surface area (Å²) in [5.74, 6) is -0.326. The van der Waals surface area contributed by atoms with Gasteiger partial charge in [-0.3, -0.25) is 4.79 Å². The molecular weight excluding hydrogens is 424 g/mol. The normalized spacial score (nSPS) is 10.8. The van der Waals surface area contributed by atoms with Crippen molar-refractivity contribution in [2.75, 3.05) is 11.9 Å². The van der Waals surface area contributed by atoms with Gasteiger partial charge < -0.3 is 4.90 Å². The summed E-state index contributed by atoms with van der Waals surface area (Å²) >= 11 is 5.40. The number of nitrogens with zero attached hydrogens (tertiary/aromatic N) is 1. The Morgan fingerprint density at radius 1 is 1.42 bits per heavy atom. The number of rotatable bonds is 6. The van der Waals surface area contributed by atoms with Crippen LogP contribution in [0.4, 0.5) is 4.39 Å². The smallest absolute Gasteiger partial charge is 0.255 e. The molecule has 0 spiro atoms. The Kier molecular flexibility index (Phi) is 7.28. The van der Waals surface area contributed by atoms with Crippen molar-refractivity contribution in [3.8, 4) is 0 Å². The lowest BCUT2D eigenvalue weighted by molar-refractivity contribution is 0.0682. The van der Waals surface area contributed by atoms with Crippen LogP contribution in [-0.2, 0) is 0 Å². The van der Waals surface area contributed by atoms with Gasteiger partial charge in [0.1, 0.15) is 5.82 Å². The summed E-state index contributed by atoms with van der Waals surface area (Å²) in [5.41, 5.74) is 0.579. The second-order valence-corrected chi connectivity index (χ2v) is 6.24. The van der Waals surface area contributed by atoms with Gasteiger partial charge >= 0.3 is 0 Å². The van der Waals surface area contributed by atoms with E-state index in [1.54, 1.807) is 6.07 Å². The summed E-state index contributed by atoms with van der Waals surface area (Å²) in [6, 6.07) is 4.54. The molecule has 0 aliphatic carbocycles. The van der Waals surface area contributed by atoms with Crippen LogP contribution >= 0.6 is 38.5 Å². The van der Waals surface area contributed by atoms with Crippen molar-refractivity contribution in [1.29, 1.82) is 0 Å². The average Bonchev–Trinajstić information content (AvgIpc) is 2.38. The largest absolute Gasteiger partial charge is 0.335 e. The molecule has 0 aliphatic heterocycles. The highest BCUT2D eigenvalue weighted by atomic mass is 127. The van der Waals surface area contributed by atoms with Crippen LogP contribution in [0.2, 0.25) is 0 Å². The van der Waals surface area contributed by atoms with Gasteiger partial charge in [0.15, 0.2) is 0 Å². The number of carbonyl (C=O) groups is 1. The molecule has 0 unspecified atom stereocenters. The molecule has 0 saturated carbocycles. The molecule has 0 radical (unpaired) electrons. The van der Waals surface area contributed by atoms with E-state index in [0.29, 0.717) is 15.7 Å². The fourth-order valence-electron chi connectivity index (χ4n) is 2.09. The van der Waals surface area contributed by atoms with Crippen LogP contribution in [0, 0.1) is 9.39 Å². The van der Waals surface area contributed by atoms with Gasteiger partial charge in [0.2, 0.25) is 0 Å². The molecule has 0 heterocycles. The van der Waals surface area contributed by atoms with Crippen molar-refractivity contribution in [2.45, 2.75) is 32.7 Å². The number of hydrogen-bond donors (Lipinski definition) is 0. The van der Waals surface area contributed by atoms with Gasteiger partial charge in [0, 0.05) is 21.5 Å². The second-order valence-electron chi connectivity index (χ2n) is 4.28. The summed E-state index contributed by atoms with van der Waals surface area (Å²) < 4.78 is 13.8. The highest BCUT2D eigenvalue weighted by molar-refractivity contribution is 14.1. The first-order valence-electron chi connectivity index (χ1n) is 6.37. The average molecular weight is 442 g/mol. The van der Waals surface area contributed by atoms with E-state index in [1.165, 1.54) is 12.1 Å². The maximum absolute atomic E-state index is 13.1. The van der Waals surface area contributed by atoms with E-state index >= 15 is 0 Å². The molecule has 1 aromatic carbocycles. The molecule has 106 valence electrons. The molecule has 0 aliphatic rings. The van der Waals surface area contributed by atoms with Gasteiger partial charge in [-0.2, -0.15) is 0 Å². The SMILES string of the molecule is CCC(CC)N(CCBr)C(=O)c1ccc(F)cc1I. The van der Waals surface area contributed by atoms with Crippen molar-refractivity contribution >= 4 is 44.4 Å². The Morgan fingerprint density at radius 3 is 2.53 bits per heavy atom. The van der Waals surface area contributed by atoms with Crippen molar-refractivity contribution in [2.24, 2.45) is 0 Å². The van der Waals surface area contributed by atoms with Crippen molar-refractivity contribution in [3.05, 3.63) is 33.1 Å². The summed E-state index contributed by atoms with van der Waals surface area (Å²) in [7, 11) is 0. The first-order chi connectivity index (χ1) is 9.04. The van der Waals surface area contributed by atoms with Gasteiger partial charge in [0.05, 0.1) is 5.56 Å². The van der Waals surface area contributed by atoms with Gasteiger partial charge in [-0.15, -0.1) is 0 Å². The van der Waals surface area contributed by atoms with E-state index < -0.39 is 0 Å². The molecule has 0 N–H and O–H groups in total. The van der Waals surface area contributed by atoms with Gasteiger partial charge in [0.25, 0.3) is 5.91 Å². The van der Waals surface area contributed by atoms with Crippen LogP contribution in [-0.4, -0.2) is 28.7 Å². The van der Waals surface area contributed by atoms with E-state index in [-0.39, 0.29) is 17.8 Å². The third-order valence-electron chi connectivity index (χ3n) is 3.13. The third kappa shape index (κ3) is 4.41. The number of benzene rings is 1. The van der Waals surface area contributed by atoms with Crippen LogP contribution < -0.4 is 0 Å². The first kappa shape index (κ1) is 16.9. The van der Waals surface area contributed by atoms with Gasteiger partial charge in [-0.25, -0.2) is 4.39 Å². The second kappa shape index (κ2) is 8.19. The lowest BCUT2D eigenvalue weighted by Gasteiger charge is -2.30. The van der Waals surface area contributed by atoms with Crippen LogP contribution in [0.1, 0.15) is 37.0 Å². The molecule has 1 aromatic rings. The molecule has 0 bridgehead atoms. The number of alkyl halides is 1. The Bertz CT molecular complexity index is 437. The minimum absolute atomic E-state index is 0.0162. The number of hydrogen-bond acceptors (Lipinski definition) is 1. The molecule has 0 aromatic heterocycles. The van der Waals surface area contributed by atoms with E-state index in [9.17, 15) is 9.18 Å². The molecule has 0 saturated heterocycles. The highest BCUT2D eigenvalue weighted by Crippen LogP contribution is 2.19. The number of amides is 1. The summed E-state index contributed by atoms with van der Waals surface area (Å²) in [6.45, 7) is 4.83. The zero-order valence-electron chi connectivity index (χ0n) is 11.1. The lowest BCUT2D eigenvalue weighted by atomic mass is 10.1. The van der Waals surface area contributed by atoms with Crippen LogP contribution in [0.25, 0.3) is 0 Å².